The summed E-state index contributed by atoms with van der Waals surface area (Å²) in [7, 11) is 0. The van der Waals surface area contributed by atoms with E-state index in [0.717, 1.165) is 31.0 Å². The lowest BCUT2D eigenvalue weighted by Gasteiger charge is -2.17. The normalized spacial score (nSPS) is 15.1. The quantitative estimate of drug-likeness (QED) is 0.613. The van der Waals surface area contributed by atoms with Gasteiger partial charge in [0.1, 0.15) is 6.54 Å². The molecule has 0 aliphatic carbocycles. The van der Waals surface area contributed by atoms with E-state index < -0.39 is 0 Å². The number of carbonyl (C=O) groups is 1. The average molecular weight is 366 g/mol. The fourth-order valence-corrected chi connectivity index (χ4v) is 3.57. The molecule has 5 heteroatoms. The fraction of sp³-hybridized carbons (Fsp3) is 0.364. The standard InChI is InChI=1S/C22H24NO4/c1-14(2)27-22(24)17-6-4-16(5-7-17)12-23-9-8-18-10-20-21(26-13-25-20)11-19(18)15(23)3/h4-7,10-11,14H,8-9,12-13H2,1-3H3/q+1. The minimum atomic E-state index is -0.276. The molecule has 0 bridgehead atoms. The molecule has 0 saturated heterocycles. The van der Waals surface area contributed by atoms with Crippen LogP contribution in [0.4, 0.5) is 0 Å². The average Bonchev–Trinajstić information content (AvgIpc) is 3.10. The Morgan fingerprint density at radius 1 is 1.15 bits per heavy atom. The summed E-state index contributed by atoms with van der Waals surface area (Å²) < 4.78 is 18.6. The number of rotatable bonds is 4. The van der Waals surface area contributed by atoms with Crippen molar-refractivity contribution in [3.05, 3.63) is 58.7 Å². The van der Waals surface area contributed by atoms with Crippen molar-refractivity contribution in [3.8, 4) is 11.5 Å². The van der Waals surface area contributed by atoms with Gasteiger partial charge in [-0.05, 0) is 43.7 Å². The molecule has 0 saturated carbocycles. The summed E-state index contributed by atoms with van der Waals surface area (Å²) in [6.45, 7) is 7.91. The fourth-order valence-electron chi connectivity index (χ4n) is 3.57. The van der Waals surface area contributed by atoms with E-state index in [2.05, 4.69) is 23.6 Å². The van der Waals surface area contributed by atoms with Crippen LogP contribution in [0.15, 0.2) is 36.4 Å². The molecule has 27 heavy (non-hydrogen) atoms. The maximum absolute atomic E-state index is 12.0. The van der Waals surface area contributed by atoms with Gasteiger partial charge in [-0.25, -0.2) is 9.37 Å². The van der Waals surface area contributed by atoms with Crippen molar-refractivity contribution >= 4 is 11.7 Å². The molecule has 5 nitrogen and oxygen atoms in total. The number of carbonyl (C=O) groups excluding carboxylic acids is 1. The summed E-state index contributed by atoms with van der Waals surface area (Å²) in [5.41, 5.74) is 5.52. The second kappa shape index (κ2) is 7.06. The van der Waals surface area contributed by atoms with Crippen LogP contribution in [0.1, 0.15) is 47.8 Å². The molecular weight excluding hydrogens is 342 g/mol. The second-order valence-electron chi connectivity index (χ2n) is 7.27. The Hall–Kier alpha value is -2.82. The number of fused-ring (bicyclic) bond motifs is 2. The SMILES string of the molecule is CC1=[N+](Cc2ccc(C(=O)OC(C)C)cc2)CCc2cc3c(cc21)OCO3. The lowest BCUT2D eigenvalue weighted by Crippen LogP contribution is -2.28. The molecule has 0 N–H and O–H groups in total. The molecule has 2 aromatic rings. The molecule has 0 fully saturated rings. The Bertz CT molecular complexity index is 913. The van der Waals surface area contributed by atoms with Gasteiger partial charge in [-0.15, -0.1) is 0 Å². The molecule has 0 radical (unpaired) electrons. The van der Waals surface area contributed by atoms with E-state index in [1.54, 1.807) is 0 Å². The van der Waals surface area contributed by atoms with Crippen LogP contribution in [0.25, 0.3) is 0 Å². The van der Waals surface area contributed by atoms with E-state index in [-0.39, 0.29) is 12.1 Å². The predicted octanol–water partition coefficient (Wildman–Crippen LogP) is 3.56. The van der Waals surface area contributed by atoms with Gasteiger partial charge >= 0.3 is 5.97 Å². The van der Waals surface area contributed by atoms with Gasteiger partial charge in [0.15, 0.2) is 23.8 Å². The van der Waals surface area contributed by atoms with Crippen LogP contribution >= 0.6 is 0 Å². The molecule has 2 aromatic carbocycles. The van der Waals surface area contributed by atoms with E-state index in [1.165, 1.54) is 22.4 Å². The number of nitrogens with zero attached hydrogens (tertiary/aromatic N) is 1. The van der Waals surface area contributed by atoms with Crippen LogP contribution in [0.5, 0.6) is 11.5 Å². The predicted molar refractivity (Wildman–Crippen MR) is 102 cm³/mol. The number of ether oxygens (including phenoxy) is 3. The zero-order valence-corrected chi connectivity index (χ0v) is 16.0. The first-order chi connectivity index (χ1) is 13.0. The highest BCUT2D eigenvalue weighted by molar-refractivity contribution is 5.97. The smallest absolute Gasteiger partial charge is 0.338 e. The lowest BCUT2D eigenvalue weighted by atomic mass is 9.96. The van der Waals surface area contributed by atoms with Crippen molar-refractivity contribution in [2.24, 2.45) is 0 Å². The summed E-state index contributed by atoms with van der Waals surface area (Å²) in [6, 6.07) is 11.9. The molecule has 2 heterocycles. The zero-order chi connectivity index (χ0) is 19.0. The first-order valence-electron chi connectivity index (χ1n) is 9.32. The van der Waals surface area contributed by atoms with Crippen LogP contribution < -0.4 is 9.47 Å². The summed E-state index contributed by atoms with van der Waals surface area (Å²) >= 11 is 0. The topological polar surface area (TPSA) is 47.8 Å². The Labute approximate surface area is 159 Å². The first-order valence-corrected chi connectivity index (χ1v) is 9.32. The number of benzene rings is 2. The van der Waals surface area contributed by atoms with Gasteiger partial charge in [0.05, 0.1) is 11.7 Å². The molecule has 0 atom stereocenters. The lowest BCUT2D eigenvalue weighted by molar-refractivity contribution is -0.545. The van der Waals surface area contributed by atoms with Crippen molar-refractivity contribution in [3.63, 3.8) is 0 Å². The van der Waals surface area contributed by atoms with Crippen molar-refractivity contribution < 1.29 is 23.6 Å². The molecule has 2 aliphatic heterocycles. The van der Waals surface area contributed by atoms with E-state index in [4.69, 9.17) is 14.2 Å². The monoisotopic (exact) mass is 366 g/mol. The Kier molecular flexibility index (Phi) is 4.60. The van der Waals surface area contributed by atoms with E-state index >= 15 is 0 Å². The molecule has 4 rings (SSSR count). The second-order valence-corrected chi connectivity index (χ2v) is 7.27. The highest BCUT2D eigenvalue weighted by Crippen LogP contribution is 2.36. The molecule has 0 unspecified atom stereocenters. The largest absolute Gasteiger partial charge is 0.459 e. The van der Waals surface area contributed by atoms with Crippen LogP contribution in [0, 0.1) is 0 Å². The van der Waals surface area contributed by atoms with E-state index in [1.807, 2.05) is 38.1 Å². The van der Waals surface area contributed by atoms with Crippen molar-refractivity contribution in [1.29, 1.82) is 0 Å². The zero-order valence-electron chi connectivity index (χ0n) is 16.0. The van der Waals surface area contributed by atoms with Gasteiger partial charge in [0.2, 0.25) is 6.79 Å². The van der Waals surface area contributed by atoms with Gasteiger partial charge in [-0.1, -0.05) is 12.1 Å². The van der Waals surface area contributed by atoms with Gasteiger partial charge in [-0.2, -0.15) is 0 Å². The number of hydrogen-bond donors (Lipinski definition) is 0. The molecule has 2 aliphatic rings. The van der Waals surface area contributed by atoms with Gasteiger partial charge in [0.25, 0.3) is 0 Å². The van der Waals surface area contributed by atoms with Crippen LogP contribution in [0.2, 0.25) is 0 Å². The van der Waals surface area contributed by atoms with E-state index in [9.17, 15) is 4.79 Å². The summed E-state index contributed by atoms with van der Waals surface area (Å²) in [5.74, 6) is 1.39. The third-order valence-corrected chi connectivity index (χ3v) is 5.02. The molecule has 140 valence electrons. The Morgan fingerprint density at radius 2 is 1.85 bits per heavy atom. The Balaban J connectivity index is 1.54. The first kappa shape index (κ1) is 17.6. The molecule has 0 amide bonds. The number of hydrogen-bond acceptors (Lipinski definition) is 4. The van der Waals surface area contributed by atoms with Crippen LogP contribution in [0.3, 0.4) is 0 Å². The molecule has 0 aromatic heterocycles. The third-order valence-electron chi connectivity index (χ3n) is 5.02. The Morgan fingerprint density at radius 3 is 2.56 bits per heavy atom. The maximum Gasteiger partial charge on any atom is 0.338 e. The third kappa shape index (κ3) is 3.54. The number of esters is 1. The van der Waals surface area contributed by atoms with Gasteiger partial charge in [0, 0.05) is 24.5 Å². The van der Waals surface area contributed by atoms with Crippen LogP contribution in [-0.4, -0.2) is 35.7 Å². The highest BCUT2D eigenvalue weighted by Gasteiger charge is 2.26. The van der Waals surface area contributed by atoms with Crippen molar-refractivity contribution in [2.75, 3.05) is 13.3 Å². The minimum Gasteiger partial charge on any atom is -0.459 e. The van der Waals surface area contributed by atoms with Gasteiger partial charge in [-0.3, -0.25) is 0 Å². The molecular formula is C22H24NO4+. The van der Waals surface area contributed by atoms with Gasteiger partial charge < -0.3 is 14.2 Å². The van der Waals surface area contributed by atoms with Crippen molar-refractivity contribution in [2.45, 2.75) is 39.8 Å². The minimum absolute atomic E-state index is 0.112. The summed E-state index contributed by atoms with van der Waals surface area (Å²) in [4.78, 5) is 12.0. The highest BCUT2D eigenvalue weighted by atomic mass is 16.7. The summed E-state index contributed by atoms with van der Waals surface area (Å²) in [6.07, 6.45) is 0.862. The van der Waals surface area contributed by atoms with Crippen LogP contribution in [-0.2, 0) is 17.7 Å². The molecule has 0 spiro atoms. The summed E-state index contributed by atoms with van der Waals surface area (Å²) in [5, 5.41) is 0. The van der Waals surface area contributed by atoms with Crippen molar-refractivity contribution in [1.82, 2.24) is 0 Å². The maximum atomic E-state index is 12.0. The van der Waals surface area contributed by atoms with E-state index in [0.29, 0.717) is 12.4 Å².